The molecule has 5 heteroatoms. The van der Waals surface area contributed by atoms with Crippen LogP contribution in [-0.2, 0) is 4.79 Å². The number of aliphatic hydroxyl groups excluding tert-OH is 1. The normalized spacial score (nSPS) is 13.5. The smallest absolute Gasteiger partial charge is 1.00 e. The largest absolute Gasteiger partial charge is 1.00 e. The Bertz CT molecular complexity index is 243. The summed E-state index contributed by atoms with van der Waals surface area (Å²) in [5, 5.41) is 21.1. The molecule has 122 valence electrons. The van der Waals surface area contributed by atoms with Gasteiger partial charge in [0.15, 0.2) is 0 Å². The first-order valence-corrected chi connectivity index (χ1v) is 8.23. The van der Waals surface area contributed by atoms with E-state index in [9.17, 15) is 9.90 Å². The Morgan fingerprint density at radius 1 is 1.00 bits per heavy atom. The van der Waals surface area contributed by atoms with Crippen molar-refractivity contribution in [1.29, 1.82) is 0 Å². The molecule has 0 aliphatic heterocycles. The van der Waals surface area contributed by atoms with Gasteiger partial charge in [0.1, 0.15) is 6.04 Å². The number of carbonyl (C=O) groups is 1. The number of rotatable bonds is 14. The SMILES string of the molecule is CCCCCCCCCCCCNC(C(=O)O)C(C)O.[H-].[Na+]. The van der Waals surface area contributed by atoms with Crippen molar-refractivity contribution in [2.75, 3.05) is 6.54 Å². The minimum Gasteiger partial charge on any atom is -1.00 e. The standard InChI is InChI=1S/C16H33NO3.Na.H/c1-3-4-5-6-7-8-9-10-11-12-13-17-15(14(2)18)16(19)20;;/h14-15,17-18H,3-13H2,1-2H3,(H,19,20);;/q;+1;-1. The van der Waals surface area contributed by atoms with E-state index in [0.717, 1.165) is 12.8 Å². The molecule has 0 aliphatic carbocycles. The molecule has 0 saturated heterocycles. The molecule has 0 aliphatic rings. The molecule has 2 atom stereocenters. The Labute approximate surface area is 153 Å². The summed E-state index contributed by atoms with van der Waals surface area (Å²) in [6, 6.07) is -0.839. The molecule has 0 bridgehead atoms. The van der Waals surface area contributed by atoms with Gasteiger partial charge in [-0.1, -0.05) is 64.7 Å². The minimum absolute atomic E-state index is 0. The second-order valence-corrected chi connectivity index (χ2v) is 5.69. The summed E-state index contributed by atoms with van der Waals surface area (Å²) in [7, 11) is 0. The van der Waals surface area contributed by atoms with E-state index in [0.29, 0.717) is 6.54 Å². The number of carboxylic acid groups (broad SMARTS) is 1. The summed E-state index contributed by atoms with van der Waals surface area (Å²) < 4.78 is 0. The van der Waals surface area contributed by atoms with Gasteiger partial charge in [0, 0.05) is 0 Å². The molecule has 3 N–H and O–H groups in total. The third kappa shape index (κ3) is 15.1. The van der Waals surface area contributed by atoms with E-state index in [4.69, 9.17) is 5.11 Å². The molecular formula is C16H34NNaO3. The van der Waals surface area contributed by atoms with Crippen molar-refractivity contribution in [3.8, 4) is 0 Å². The fraction of sp³-hybridized carbons (Fsp3) is 0.938. The molecular weight excluding hydrogens is 277 g/mol. The van der Waals surface area contributed by atoms with Crippen LogP contribution in [-0.4, -0.2) is 34.9 Å². The Balaban J connectivity index is -0.00000180. The van der Waals surface area contributed by atoms with Crippen LogP contribution in [0.2, 0.25) is 0 Å². The molecule has 0 heterocycles. The average Bonchev–Trinajstić information content (AvgIpc) is 2.39. The van der Waals surface area contributed by atoms with E-state index in [1.807, 2.05) is 0 Å². The van der Waals surface area contributed by atoms with Gasteiger partial charge >= 0.3 is 35.5 Å². The Morgan fingerprint density at radius 2 is 1.43 bits per heavy atom. The number of unbranched alkanes of at least 4 members (excludes halogenated alkanes) is 9. The van der Waals surface area contributed by atoms with Crippen molar-refractivity contribution in [3.05, 3.63) is 0 Å². The third-order valence-corrected chi connectivity index (χ3v) is 3.64. The van der Waals surface area contributed by atoms with E-state index in [1.54, 1.807) is 0 Å². The Hall–Kier alpha value is 0.390. The van der Waals surface area contributed by atoms with Crippen molar-refractivity contribution >= 4 is 5.97 Å². The monoisotopic (exact) mass is 311 g/mol. The number of aliphatic carboxylic acids is 1. The van der Waals surface area contributed by atoms with Crippen molar-refractivity contribution in [2.45, 2.75) is 90.2 Å². The summed E-state index contributed by atoms with van der Waals surface area (Å²) in [5.41, 5.74) is 0. The summed E-state index contributed by atoms with van der Waals surface area (Å²) in [4.78, 5) is 10.8. The van der Waals surface area contributed by atoms with Crippen LogP contribution in [0.3, 0.4) is 0 Å². The van der Waals surface area contributed by atoms with Crippen LogP contribution < -0.4 is 34.9 Å². The van der Waals surface area contributed by atoms with E-state index in [1.165, 1.54) is 58.3 Å². The van der Waals surface area contributed by atoms with Gasteiger partial charge in [-0.05, 0) is 19.9 Å². The molecule has 0 radical (unpaired) electrons. The predicted molar refractivity (Wildman–Crippen MR) is 84.1 cm³/mol. The second kappa shape index (κ2) is 16.8. The molecule has 4 nitrogen and oxygen atoms in total. The maximum atomic E-state index is 10.8. The topological polar surface area (TPSA) is 69.6 Å². The quantitative estimate of drug-likeness (QED) is 0.322. The third-order valence-electron chi connectivity index (χ3n) is 3.64. The van der Waals surface area contributed by atoms with Crippen LogP contribution in [0, 0.1) is 0 Å². The fourth-order valence-corrected chi connectivity index (χ4v) is 2.33. The zero-order valence-corrected chi connectivity index (χ0v) is 16.2. The van der Waals surface area contributed by atoms with Gasteiger partial charge in [0.2, 0.25) is 0 Å². The van der Waals surface area contributed by atoms with Crippen LogP contribution in [0.15, 0.2) is 0 Å². The Morgan fingerprint density at radius 3 is 1.81 bits per heavy atom. The van der Waals surface area contributed by atoms with Crippen molar-refractivity contribution < 1.29 is 46.0 Å². The summed E-state index contributed by atoms with van der Waals surface area (Å²) in [5.74, 6) is -0.980. The van der Waals surface area contributed by atoms with Crippen LogP contribution in [0.5, 0.6) is 0 Å². The maximum absolute atomic E-state index is 10.8. The van der Waals surface area contributed by atoms with Crippen LogP contribution in [0.4, 0.5) is 0 Å². The van der Waals surface area contributed by atoms with Crippen molar-refractivity contribution in [1.82, 2.24) is 5.32 Å². The molecule has 0 spiro atoms. The van der Waals surface area contributed by atoms with E-state index >= 15 is 0 Å². The average molecular weight is 311 g/mol. The second-order valence-electron chi connectivity index (χ2n) is 5.69. The zero-order valence-electron chi connectivity index (χ0n) is 15.2. The predicted octanol–water partition coefficient (Wildman–Crippen LogP) is 0.447. The first-order valence-electron chi connectivity index (χ1n) is 8.23. The molecule has 0 rings (SSSR count). The number of nitrogens with one attached hydrogen (secondary N) is 1. The van der Waals surface area contributed by atoms with E-state index in [-0.39, 0.29) is 31.0 Å². The number of hydrogen-bond acceptors (Lipinski definition) is 3. The van der Waals surface area contributed by atoms with Crippen LogP contribution >= 0.6 is 0 Å². The summed E-state index contributed by atoms with van der Waals surface area (Å²) >= 11 is 0. The number of aliphatic hydroxyl groups is 1. The van der Waals surface area contributed by atoms with E-state index in [2.05, 4.69) is 12.2 Å². The van der Waals surface area contributed by atoms with Gasteiger partial charge in [-0.25, -0.2) is 0 Å². The summed E-state index contributed by atoms with van der Waals surface area (Å²) in [6.45, 7) is 4.41. The van der Waals surface area contributed by atoms with Gasteiger partial charge in [-0.2, -0.15) is 0 Å². The van der Waals surface area contributed by atoms with Gasteiger partial charge < -0.3 is 17.0 Å². The van der Waals surface area contributed by atoms with Crippen LogP contribution in [0.1, 0.15) is 79.5 Å². The van der Waals surface area contributed by atoms with Gasteiger partial charge in [0.25, 0.3) is 0 Å². The Kier molecular flexibility index (Phi) is 18.9. The molecule has 0 fully saturated rings. The van der Waals surface area contributed by atoms with E-state index < -0.39 is 18.1 Å². The maximum Gasteiger partial charge on any atom is 1.00 e. The van der Waals surface area contributed by atoms with Crippen molar-refractivity contribution in [2.24, 2.45) is 0 Å². The van der Waals surface area contributed by atoms with Crippen molar-refractivity contribution in [3.63, 3.8) is 0 Å². The first kappa shape index (κ1) is 23.7. The molecule has 0 aromatic carbocycles. The summed E-state index contributed by atoms with van der Waals surface area (Å²) in [6.07, 6.45) is 11.8. The number of carboxylic acids is 1. The minimum atomic E-state index is -0.980. The first-order chi connectivity index (χ1) is 9.59. The number of hydrogen-bond donors (Lipinski definition) is 3. The fourth-order valence-electron chi connectivity index (χ4n) is 2.33. The van der Waals surface area contributed by atoms with Gasteiger partial charge in [-0.15, -0.1) is 0 Å². The van der Waals surface area contributed by atoms with Gasteiger partial charge in [0.05, 0.1) is 6.10 Å². The molecule has 0 aromatic rings. The molecule has 0 saturated carbocycles. The van der Waals surface area contributed by atoms with Crippen LogP contribution in [0.25, 0.3) is 0 Å². The molecule has 0 amide bonds. The zero-order chi connectivity index (χ0) is 15.2. The molecule has 2 unspecified atom stereocenters. The molecule has 0 aromatic heterocycles. The molecule has 21 heavy (non-hydrogen) atoms. The van der Waals surface area contributed by atoms with Gasteiger partial charge in [-0.3, -0.25) is 4.79 Å².